The second kappa shape index (κ2) is 6.24. The third-order valence-corrected chi connectivity index (χ3v) is 13.9. The average molecular weight is 441 g/mol. The van der Waals surface area contributed by atoms with Crippen LogP contribution in [0, 0.1) is 56.2 Å². The van der Waals surface area contributed by atoms with E-state index in [4.69, 9.17) is 4.74 Å². The van der Waals surface area contributed by atoms with Crippen molar-refractivity contribution in [2.75, 3.05) is 6.61 Å². The smallest absolute Gasteiger partial charge is 0.138 e. The molecule has 6 fully saturated rings. The predicted octanol–water partition coefficient (Wildman–Crippen LogP) is 7.45. The maximum Gasteiger partial charge on any atom is 0.138 e. The highest BCUT2D eigenvalue weighted by molar-refractivity contribution is 5.85. The Kier molecular flexibility index (Phi) is 4.31. The van der Waals surface area contributed by atoms with E-state index >= 15 is 0 Å². The van der Waals surface area contributed by atoms with Crippen LogP contribution in [0.5, 0.6) is 0 Å². The zero-order valence-electron chi connectivity index (χ0n) is 22.0. The first-order chi connectivity index (χ1) is 14.8. The number of ketones is 1. The lowest BCUT2D eigenvalue weighted by Crippen LogP contribution is -2.67. The Morgan fingerprint density at radius 3 is 2.22 bits per heavy atom. The van der Waals surface area contributed by atoms with E-state index in [1.807, 2.05) is 0 Å². The summed E-state index contributed by atoms with van der Waals surface area (Å²) in [7, 11) is 0. The molecule has 2 nitrogen and oxygen atoms in total. The monoisotopic (exact) mass is 440 g/mol. The number of carbonyl (C=O) groups is 1. The molecule has 2 bridgehead atoms. The maximum absolute atomic E-state index is 12.9. The Morgan fingerprint density at radius 1 is 0.750 bits per heavy atom. The zero-order chi connectivity index (χ0) is 22.9. The van der Waals surface area contributed by atoms with Gasteiger partial charge in [-0.3, -0.25) is 4.79 Å². The molecule has 180 valence electrons. The van der Waals surface area contributed by atoms with Gasteiger partial charge in [-0.05, 0) is 109 Å². The van der Waals surface area contributed by atoms with Gasteiger partial charge in [0.05, 0.1) is 12.7 Å². The molecule has 6 aliphatic rings. The average Bonchev–Trinajstić information content (AvgIpc) is 3.05. The van der Waals surface area contributed by atoms with E-state index in [1.165, 1.54) is 51.4 Å². The molecule has 0 spiro atoms. The van der Waals surface area contributed by atoms with Gasteiger partial charge in [0.15, 0.2) is 0 Å². The zero-order valence-corrected chi connectivity index (χ0v) is 22.0. The van der Waals surface area contributed by atoms with Crippen molar-refractivity contribution >= 4 is 5.78 Å². The summed E-state index contributed by atoms with van der Waals surface area (Å²) in [6.45, 7) is 18.6. The molecule has 5 saturated carbocycles. The molecule has 9 atom stereocenters. The van der Waals surface area contributed by atoms with Crippen LogP contribution in [0.1, 0.15) is 113 Å². The second-order valence-corrected chi connectivity index (χ2v) is 15.4. The van der Waals surface area contributed by atoms with Crippen molar-refractivity contribution in [3.05, 3.63) is 0 Å². The summed E-state index contributed by atoms with van der Waals surface area (Å²) in [5, 5.41) is 0. The number of ether oxygens (including phenoxy) is 1. The Balaban J connectivity index is 1.40. The van der Waals surface area contributed by atoms with Crippen LogP contribution in [-0.4, -0.2) is 18.5 Å². The van der Waals surface area contributed by atoms with Crippen LogP contribution in [0.25, 0.3) is 0 Å². The molecule has 6 rings (SSSR count). The van der Waals surface area contributed by atoms with Crippen LogP contribution < -0.4 is 0 Å². The molecule has 0 amide bonds. The van der Waals surface area contributed by atoms with Gasteiger partial charge < -0.3 is 4.74 Å². The minimum Gasteiger partial charge on any atom is -0.377 e. The number of hydrogen-bond donors (Lipinski definition) is 0. The lowest BCUT2D eigenvalue weighted by atomic mass is 9.31. The molecule has 0 N–H and O–H groups in total. The van der Waals surface area contributed by atoms with Crippen molar-refractivity contribution in [2.45, 2.75) is 119 Å². The number of carbonyl (C=O) groups excluding carboxylic acids is 1. The van der Waals surface area contributed by atoms with Crippen molar-refractivity contribution in [2.24, 2.45) is 56.2 Å². The topological polar surface area (TPSA) is 26.3 Å². The van der Waals surface area contributed by atoms with Gasteiger partial charge >= 0.3 is 0 Å². The van der Waals surface area contributed by atoms with Crippen molar-refractivity contribution in [1.29, 1.82) is 0 Å². The fraction of sp³-hybridized carbons (Fsp3) is 0.967. The van der Waals surface area contributed by atoms with Crippen LogP contribution in [0.2, 0.25) is 0 Å². The minimum absolute atomic E-state index is 0.136. The number of rotatable bonds is 0. The number of hydrogen-bond acceptors (Lipinski definition) is 2. The van der Waals surface area contributed by atoms with Gasteiger partial charge in [0.25, 0.3) is 0 Å². The molecule has 0 aromatic rings. The summed E-state index contributed by atoms with van der Waals surface area (Å²) >= 11 is 0. The Bertz CT molecular complexity index is 842. The molecular weight excluding hydrogens is 392 g/mol. The van der Waals surface area contributed by atoms with Gasteiger partial charge in [-0.2, -0.15) is 0 Å². The quantitative estimate of drug-likeness (QED) is 0.391. The minimum atomic E-state index is -0.136. The molecule has 5 aliphatic carbocycles. The number of Topliss-reactive ketones (excluding diaryl/α,β-unsaturated/α-hetero) is 1. The first-order valence-corrected chi connectivity index (χ1v) is 14.0. The fourth-order valence-corrected chi connectivity index (χ4v) is 11.8. The van der Waals surface area contributed by atoms with Crippen LogP contribution in [-0.2, 0) is 9.53 Å². The number of fused-ring (bicyclic) bond motifs is 5. The van der Waals surface area contributed by atoms with Gasteiger partial charge in [0, 0.05) is 11.8 Å². The van der Waals surface area contributed by atoms with Crippen molar-refractivity contribution in [1.82, 2.24) is 0 Å². The van der Waals surface area contributed by atoms with Crippen LogP contribution in [0.15, 0.2) is 0 Å². The van der Waals surface area contributed by atoms with E-state index in [0.29, 0.717) is 44.9 Å². The summed E-state index contributed by atoms with van der Waals surface area (Å²) in [5.74, 6) is 3.46. The van der Waals surface area contributed by atoms with Crippen molar-refractivity contribution < 1.29 is 9.53 Å². The van der Waals surface area contributed by atoms with Crippen LogP contribution in [0.4, 0.5) is 0 Å². The van der Waals surface area contributed by atoms with Gasteiger partial charge in [-0.15, -0.1) is 0 Å². The highest BCUT2D eigenvalue weighted by Gasteiger charge is 2.72. The molecule has 1 aliphatic heterocycles. The molecule has 0 aromatic carbocycles. The lowest BCUT2D eigenvalue weighted by Gasteiger charge is -2.72. The van der Waals surface area contributed by atoms with E-state index in [0.717, 1.165) is 37.2 Å². The summed E-state index contributed by atoms with van der Waals surface area (Å²) < 4.78 is 6.70. The third kappa shape index (κ3) is 2.35. The third-order valence-electron chi connectivity index (χ3n) is 13.9. The standard InChI is InChI=1S/C30H48O2/c1-25(2)14-16-30-17-15-28(6)19(23(30)24(25)32-18-30)8-9-21-27(5)12-11-22(31)26(3,4)20(27)10-13-29(21,28)7/h19-21,23-24H,8-18H2,1-7H3/t19?,20?,21?,23?,24-,27+,28-,29-,30-/m1/s1. The van der Waals surface area contributed by atoms with Gasteiger partial charge in [-0.1, -0.05) is 48.5 Å². The molecule has 2 heteroatoms. The SMILES string of the molecule is CC1(C)C(=O)CC[C@@]2(C)C1CC[C@]1(C)C2CCC2C3[C@H]4OC[C@@]3(CCC4(C)C)CC[C@]21C. The summed E-state index contributed by atoms with van der Waals surface area (Å²) in [5.41, 5.74) is 1.83. The Labute approximate surface area is 197 Å². The molecular formula is C30H48O2. The normalized spacial score (nSPS) is 57.7. The predicted molar refractivity (Wildman–Crippen MR) is 129 cm³/mol. The highest BCUT2D eigenvalue weighted by Crippen LogP contribution is 2.77. The first-order valence-electron chi connectivity index (χ1n) is 14.0. The van der Waals surface area contributed by atoms with E-state index in [1.54, 1.807) is 0 Å². The molecule has 1 heterocycles. The Morgan fingerprint density at radius 2 is 1.47 bits per heavy atom. The van der Waals surface area contributed by atoms with E-state index < -0.39 is 0 Å². The summed E-state index contributed by atoms with van der Waals surface area (Å²) in [6, 6.07) is 0. The summed E-state index contributed by atoms with van der Waals surface area (Å²) in [6.07, 6.45) is 13.3. The van der Waals surface area contributed by atoms with Gasteiger partial charge in [0.2, 0.25) is 0 Å². The van der Waals surface area contributed by atoms with Crippen molar-refractivity contribution in [3.8, 4) is 0 Å². The molecule has 32 heavy (non-hydrogen) atoms. The van der Waals surface area contributed by atoms with Crippen LogP contribution in [0.3, 0.4) is 0 Å². The summed E-state index contributed by atoms with van der Waals surface area (Å²) in [4.78, 5) is 12.9. The highest BCUT2D eigenvalue weighted by atomic mass is 16.5. The maximum atomic E-state index is 12.9. The molecule has 0 aromatic heterocycles. The van der Waals surface area contributed by atoms with Gasteiger partial charge in [-0.25, -0.2) is 0 Å². The van der Waals surface area contributed by atoms with E-state index in [-0.39, 0.29) is 5.41 Å². The van der Waals surface area contributed by atoms with Crippen molar-refractivity contribution in [3.63, 3.8) is 0 Å². The molecule has 0 radical (unpaired) electrons. The first kappa shape index (κ1) is 22.1. The molecule has 4 unspecified atom stereocenters. The Hall–Kier alpha value is -0.370. The largest absolute Gasteiger partial charge is 0.377 e. The van der Waals surface area contributed by atoms with Gasteiger partial charge in [0.1, 0.15) is 5.78 Å². The van der Waals surface area contributed by atoms with E-state index in [2.05, 4.69) is 48.5 Å². The second-order valence-electron chi connectivity index (χ2n) is 15.4. The van der Waals surface area contributed by atoms with Crippen LogP contribution >= 0.6 is 0 Å². The van der Waals surface area contributed by atoms with E-state index in [9.17, 15) is 4.79 Å². The lowest BCUT2D eigenvalue weighted by molar-refractivity contribution is -0.239. The fourth-order valence-electron chi connectivity index (χ4n) is 11.8. The molecule has 1 saturated heterocycles.